The van der Waals surface area contributed by atoms with Crippen LogP contribution in [-0.2, 0) is 22.7 Å². The zero-order valence-electron chi connectivity index (χ0n) is 18.9. The Labute approximate surface area is 218 Å². The highest BCUT2D eigenvalue weighted by molar-refractivity contribution is 5.95. The van der Waals surface area contributed by atoms with E-state index in [-0.39, 0.29) is 66.8 Å². The molecule has 2 aromatic rings. The molecule has 1 saturated heterocycles. The summed E-state index contributed by atoms with van der Waals surface area (Å²) in [6.45, 7) is 3.20. The minimum absolute atomic E-state index is 0. The predicted molar refractivity (Wildman–Crippen MR) is 142 cm³/mol. The molecule has 2 amide bonds. The summed E-state index contributed by atoms with van der Waals surface area (Å²) in [7, 11) is 0. The third-order valence-corrected chi connectivity index (χ3v) is 5.59. The van der Waals surface area contributed by atoms with Crippen molar-refractivity contribution in [2.75, 3.05) is 6.54 Å². The maximum atomic E-state index is 12.6. The van der Waals surface area contributed by atoms with Crippen LogP contribution in [0.2, 0.25) is 0 Å². The highest BCUT2D eigenvalue weighted by Crippen LogP contribution is 2.26. The minimum Gasteiger partial charge on any atom is -0.384 e. The number of rotatable bonds is 8. The summed E-state index contributed by atoms with van der Waals surface area (Å²) in [5.74, 6) is -0.189. The lowest BCUT2D eigenvalue weighted by atomic mass is 9.94. The Bertz CT molecular complexity index is 958. The first-order valence-electron chi connectivity index (χ1n) is 10.4. The number of hydrogen-bond donors (Lipinski definition) is 6. The molecular weight excluding hydrogens is 499 g/mol. The second-order valence-electron chi connectivity index (χ2n) is 7.90. The van der Waals surface area contributed by atoms with E-state index in [1.165, 1.54) is 5.56 Å². The van der Waals surface area contributed by atoms with Gasteiger partial charge in [-0.3, -0.25) is 15.0 Å². The van der Waals surface area contributed by atoms with E-state index in [1.807, 2.05) is 24.3 Å². The molecule has 0 saturated carbocycles. The fourth-order valence-electron chi connectivity index (χ4n) is 3.69. The molecule has 8 N–H and O–H groups in total. The van der Waals surface area contributed by atoms with Crippen LogP contribution in [-0.4, -0.2) is 36.3 Å². The number of nitrogen functional groups attached to an aromatic ring is 1. The van der Waals surface area contributed by atoms with E-state index in [9.17, 15) is 9.59 Å². The molecule has 0 unspecified atom stereocenters. The number of nitrogens with one attached hydrogen (secondary N) is 4. The number of hydrogen-bond acceptors (Lipinski definition) is 5. The highest BCUT2D eigenvalue weighted by Gasteiger charge is 2.31. The molecule has 1 aliphatic heterocycles. The van der Waals surface area contributed by atoms with Gasteiger partial charge in [-0.2, -0.15) is 0 Å². The average molecular weight is 532 g/mol. The van der Waals surface area contributed by atoms with Gasteiger partial charge in [-0.15, -0.1) is 37.2 Å². The Morgan fingerprint density at radius 1 is 1.12 bits per heavy atom. The lowest BCUT2D eigenvalue weighted by molar-refractivity contribution is -0.129. The van der Waals surface area contributed by atoms with E-state index < -0.39 is 6.04 Å². The molecule has 2 aromatic carbocycles. The van der Waals surface area contributed by atoms with Crippen molar-refractivity contribution < 1.29 is 9.59 Å². The van der Waals surface area contributed by atoms with Crippen molar-refractivity contribution in [2.24, 2.45) is 11.5 Å². The summed E-state index contributed by atoms with van der Waals surface area (Å²) in [6.07, 6.45) is 0.677. The third kappa shape index (κ3) is 8.45. The number of nitrogens with two attached hydrogens (primary N) is 2. The Morgan fingerprint density at radius 3 is 2.41 bits per heavy atom. The molecule has 34 heavy (non-hydrogen) atoms. The molecule has 1 aliphatic rings. The number of benzene rings is 2. The van der Waals surface area contributed by atoms with Crippen molar-refractivity contribution in [1.29, 1.82) is 5.41 Å². The van der Waals surface area contributed by atoms with Crippen molar-refractivity contribution >= 4 is 54.9 Å². The van der Waals surface area contributed by atoms with Crippen LogP contribution in [0.15, 0.2) is 48.5 Å². The number of carbonyl (C=O) groups excluding carboxylic acids is 2. The molecule has 0 aliphatic carbocycles. The van der Waals surface area contributed by atoms with Crippen molar-refractivity contribution in [3.05, 3.63) is 70.8 Å². The molecule has 0 radical (unpaired) electrons. The first-order chi connectivity index (χ1) is 14.9. The SMILES string of the molecule is C[C@H](NC(=O)[C@H]1C[C@@H](c2cccc(CN)c2)CN1)C(=O)NCc1ccc(C(=N)N)cc1.Cl.Cl.Cl. The van der Waals surface area contributed by atoms with Gasteiger partial charge in [-0.05, 0) is 36.0 Å². The van der Waals surface area contributed by atoms with E-state index in [0.717, 1.165) is 11.1 Å². The largest absolute Gasteiger partial charge is 0.384 e. The van der Waals surface area contributed by atoms with Gasteiger partial charge in [0.1, 0.15) is 11.9 Å². The summed E-state index contributed by atoms with van der Waals surface area (Å²) in [5.41, 5.74) is 14.9. The standard InChI is InChI=1S/C23H30N6O2.3ClH/c1-14(22(30)28-12-15-5-7-17(8-6-15)21(25)26)29-23(31)20-10-19(13-27-20)18-4-2-3-16(9-18)11-24;;;/h2-9,14,19-20,27H,10-13,24H2,1H3,(H3,25,26)(H,28,30)(H,29,31);3*1H/t14-,19+,20+;;;/m0.../s1. The molecule has 0 aromatic heterocycles. The van der Waals surface area contributed by atoms with Crippen LogP contribution < -0.4 is 27.4 Å². The Balaban J connectivity index is 0.00000363. The van der Waals surface area contributed by atoms with Crippen LogP contribution in [0.4, 0.5) is 0 Å². The van der Waals surface area contributed by atoms with Gasteiger partial charge in [0.25, 0.3) is 0 Å². The Hall–Kier alpha value is -2.36. The van der Waals surface area contributed by atoms with Gasteiger partial charge >= 0.3 is 0 Å². The van der Waals surface area contributed by atoms with E-state index in [1.54, 1.807) is 19.1 Å². The number of amidine groups is 1. The average Bonchev–Trinajstić information content (AvgIpc) is 3.28. The maximum Gasteiger partial charge on any atom is 0.242 e. The zero-order valence-corrected chi connectivity index (χ0v) is 21.3. The summed E-state index contributed by atoms with van der Waals surface area (Å²) in [6, 6.07) is 14.2. The van der Waals surface area contributed by atoms with Gasteiger partial charge in [0.15, 0.2) is 0 Å². The van der Waals surface area contributed by atoms with Gasteiger partial charge in [0.2, 0.25) is 11.8 Å². The van der Waals surface area contributed by atoms with E-state index in [2.05, 4.69) is 28.1 Å². The molecule has 1 heterocycles. The molecule has 8 nitrogen and oxygen atoms in total. The summed E-state index contributed by atoms with van der Waals surface area (Å²) < 4.78 is 0. The summed E-state index contributed by atoms with van der Waals surface area (Å²) in [5, 5.41) is 16.3. The topological polar surface area (TPSA) is 146 Å². The first kappa shape index (κ1) is 31.6. The van der Waals surface area contributed by atoms with Crippen molar-refractivity contribution in [3.8, 4) is 0 Å². The lowest BCUT2D eigenvalue weighted by Gasteiger charge is -2.17. The zero-order chi connectivity index (χ0) is 22.4. The van der Waals surface area contributed by atoms with Crippen molar-refractivity contribution in [1.82, 2.24) is 16.0 Å². The molecule has 188 valence electrons. The van der Waals surface area contributed by atoms with E-state index in [4.69, 9.17) is 16.9 Å². The monoisotopic (exact) mass is 530 g/mol. The summed E-state index contributed by atoms with van der Waals surface area (Å²) in [4.78, 5) is 25.0. The van der Waals surface area contributed by atoms with Crippen LogP contribution in [0.25, 0.3) is 0 Å². The van der Waals surface area contributed by atoms with Crippen LogP contribution >= 0.6 is 37.2 Å². The van der Waals surface area contributed by atoms with Gasteiger partial charge in [-0.25, -0.2) is 0 Å². The van der Waals surface area contributed by atoms with E-state index >= 15 is 0 Å². The molecule has 0 bridgehead atoms. The highest BCUT2D eigenvalue weighted by atomic mass is 35.5. The Morgan fingerprint density at radius 2 is 1.79 bits per heavy atom. The number of amides is 2. The second-order valence-corrected chi connectivity index (χ2v) is 7.90. The second kappa shape index (κ2) is 14.8. The molecule has 11 heteroatoms. The molecule has 3 rings (SSSR count). The fourth-order valence-corrected chi connectivity index (χ4v) is 3.69. The predicted octanol–water partition coefficient (Wildman–Crippen LogP) is 1.96. The molecule has 1 fully saturated rings. The van der Waals surface area contributed by atoms with Crippen molar-refractivity contribution in [3.63, 3.8) is 0 Å². The Kier molecular flexibility index (Phi) is 13.8. The van der Waals surface area contributed by atoms with Crippen LogP contribution in [0.5, 0.6) is 0 Å². The van der Waals surface area contributed by atoms with Gasteiger partial charge < -0.3 is 27.4 Å². The summed E-state index contributed by atoms with van der Waals surface area (Å²) >= 11 is 0. The van der Waals surface area contributed by atoms with Crippen LogP contribution in [0.1, 0.15) is 41.5 Å². The van der Waals surface area contributed by atoms with Gasteiger partial charge in [0, 0.05) is 25.2 Å². The normalized spacial score (nSPS) is 17.2. The van der Waals surface area contributed by atoms with Crippen molar-refractivity contribution in [2.45, 2.75) is 44.4 Å². The van der Waals surface area contributed by atoms with Crippen LogP contribution in [0.3, 0.4) is 0 Å². The smallest absolute Gasteiger partial charge is 0.242 e. The molecular formula is C23H33Cl3N6O2. The first-order valence-corrected chi connectivity index (χ1v) is 10.4. The number of halogens is 3. The number of carbonyl (C=O) groups is 2. The maximum absolute atomic E-state index is 12.6. The third-order valence-electron chi connectivity index (χ3n) is 5.59. The van der Waals surface area contributed by atoms with Gasteiger partial charge in [0.05, 0.1) is 6.04 Å². The fraction of sp³-hybridized carbons (Fsp3) is 0.348. The van der Waals surface area contributed by atoms with Gasteiger partial charge in [-0.1, -0.05) is 48.5 Å². The minimum atomic E-state index is -0.648. The lowest BCUT2D eigenvalue weighted by Crippen LogP contribution is -2.49. The van der Waals surface area contributed by atoms with Crippen LogP contribution in [0, 0.1) is 5.41 Å². The molecule has 3 atom stereocenters. The van der Waals surface area contributed by atoms with E-state index in [0.29, 0.717) is 31.6 Å². The quantitative estimate of drug-likeness (QED) is 0.228. The molecule has 0 spiro atoms.